The summed E-state index contributed by atoms with van der Waals surface area (Å²) in [5.74, 6) is -2.39. The van der Waals surface area contributed by atoms with Gasteiger partial charge in [0.05, 0.1) is 6.04 Å². The lowest BCUT2D eigenvalue weighted by Crippen LogP contribution is -2.54. The van der Waals surface area contributed by atoms with Gasteiger partial charge < -0.3 is 20.8 Å². The van der Waals surface area contributed by atoms with Gasteiger partial charge in [-0.15, -0.1) is 0 Å². The minimum atomic E-state index is -1.06. The van der Waals surface area contributed by atoms with E-state index in [0.29, 0.717) is 38.8 Å². The molecule has 8 heteroatoms. The van der Waals surface area contributed by atoms with Gasteiger partial charge in [-0.1, -0.05) is 6.42 Å². The molecule has 1 unspecified atom stereocenters. The van der Waals surface area contributed by atoms with Crippen LogP contribution in [0.1, 0.15) is 45.4 Å². The monoisotopic (exact) mass is 329 g/mol. The molecule has 1 saturated heterocycles. The van der Waals surface area contributed by atoms with Crippen molar-refractivity contribution in [2.24, 2.45) is 5.73 Å². The third-order valence-electron chi connectivity index (χ3n) is 4.20. The first-order chi connectivity index (χ1) is 10.9. The third kappa shape index (κ3) is 5.80. The Balaban J connectivity index is 2.76. The molecule has 0 aliphatic carbocycles. The Labute approximate surface area is 136 Å². The van der Waals surface area contributed by atoms with Gasteiger partial charge in [-0.2, -0.15) is 0 Å². The van der Waals surface area contributed by atoms with Crippen LogP contribution < -0.4 is 11.1 Å². The van der Waals surface area contributed by atoms with E-state index >= 15 is 0 Å². The molecule has 1 aliphatic heterocycles. The number of nitrogens with one attached hydrogen (secondary N) is 1. The summed E-state index contributed by atoms with van der Waals surface area (Å²) in [7, 11) is 0. The number of nitrogens with two attached hydrogens (primary N) is 1. The number of unbranched alkanes of at least 4 members (excludes halogenated alkanes) is 1. The molecule has 0 spiro atoms. The summed E-state index contributed by atoms with van der Waals surface area (Å²) in [4.78, 5) is 36.4. The number of carbonyl (C=O) groups is 3. The molecule has 0 radical (unpaired) electrons. The molecule has 0 bridgehead atoms. The van der Waals surface area contributed by atoms with Crippen LogP contribution in [0.2, 0.25) is 0 Å². The standard InChI is InChI=1S/C15H27N3O5/c1-10(14(20)21)18-9-5-3-6-11(13(18)19)17-12(15(22)23)7-2-4-8-16/h10-12,17H,2-9,16H2,1H3,(H,20,21)(H,22,23)/t10-,11-,12?/m0/s1. The Bertz CT molecular complexity index is 429. The molecule has 1 fully saturated rings. The first-order valence-corrected chi connectivity index (χ1v) is 8.10. The first kappa shape index (κ1) is 19.4. The van der Waals surface area contributed by atoms with Gasteiger partial charge in [-0.3, -0.25) is 14.9 Å². The molecule has 132 valence electrons. The van der Waals surface area contributed by atoms with Crippen molar-refractivity contribution in [1.29, 1.82) is 0 Å². The molecule has 0 saturated carbocycles. The van der Waals surface area contributed by atoms with Gasteiger partial charge >= 0.3 is 11.9 Å². The van der Waals surface area contributed by atoms with Crippen LogP contribution in [0.4, 0.5) is 0 Å². The first-order valence-electron chi connectivity index (χ1n) is 8.10. The summed E-state index contributed by atoms with van der Waals surface area (Å²) >= 11 is 0. The van der Waals surface area contributed by atoms with E-state index in [1.54, 1.807) is 0 Å². The molecule has 3 atom stereocenters. The Morgan fingerprint density at radius 1 is 1.30 bits per heavy atom. The number of rotatable bonds is 9. The summed E-state index contributed by atoms with van der Waals surface area (Å²) in [6.07, 6.45) is 3.77. The fourth-order valence-electron chi connectivity index (χ4n) is 2.75. The number of aliphatic carboxylic acids is 2. The van der Waals surface area contributed by atoms with E-state index in [9.17, 15) is 19.5 Å². The number of carboxylic acid groups (broad SMARTS) is 2. The number of carboxylic acids is 2. The summed E-state index contributed by atoms with van der Waals surface area (Å²) in [5, 5.41) is 21.3. The lowest BCUT2D eigenvalue weighted by Gasteiger charge is -2.29. The van der Waals surface area contributed by atoms with Crippen LogP contribution in [-0.2, 0) is 14.4 Å². The highest BCUT2D eigenvalue weighted by molar-refractivity contribution is 5.87. The Morgan fingerprint density at radius 3 is 2.57 bits per heavy atom. The second-order valence-electron chi connectivity index (χ2n) is 5.94. The van der Waals surface area contributed by atoms with Gasteiger partial charge in [0.2, 0.25) is 5.91 Å². The zero-order valence-electron chi connectivity index (χ0n) is 13.5. The summed E-state index contributed by atoms with van der Waals surface area (Å²) in [6.45, 7) is 2.35. The van der Waals surface area contributed by atoms with Crippen molar-refractivity contribution in [1.82, 2.24) is 10.2 Å². The largest absolute Gasteiger partial charge is 0.480 e. The van der Waals surface area contributed by atoms with Gasteiger partial charge in [0.25, 0.3) is 0 Å². The summed E-state index contributed by atoms with van der Waals surface area (Å²) in [5.41, 5.74) is 5.41. The minimum absolute atomic E-state index is 0.331. The maximum atomic E-state index is 12.6. The van der Waals surface area contributed by atoms with Gasteiger partial charge in [-0.05, 0) is 45.6 Å². The van der Waals surface area contributed by atoms with E-state index in [1.165, 1.54) is 11.8 Å². The maximum absolute atomic E-state index is 12.6. The van der Waals surface area contributed by atoms with Crippen LogP contribution in [0.5, 0.6) is 0 Å². The number of amides is 1. The highest BCUT2D eigenvalue weighted by Gasteiger charge is 2.34. The van der Waals surface area contributed by atoms with Crippen LogP contribution >= 0.6 is 0 Å². The van der Waals surface area contributed by atoms with E-state index in [-0.39, 0.29) is 5.91 Å². The number of hydrogen-bond donors (Lipinski definition) is 4. The average molecular weight is 329 g/mol. The third-order valence-corrected chi connectivity index (χ3v) is 4.20. The van der Waals surface area contributed by atoms with E-state index in [1.807, 2.05) is 0 Å². The van der Waals surface area contributed by atoms with Crippen molar-refractivity contribution < 1.29 is 24.6 Å². The van der Waals surface area contributed by atoms with Crippen LogP contribution in [-0.4, -0.2) is 64.2 Å². The molecule has 1 aliphatic rings. The molecule has 1 rings (SSSR count). The number of nitrogens with zero attached hydrogens (tertiary/aromatic N) is 1. The van der Waals surface area contributed by atoms with Gasteiger partial charge in [-0.25, -0.2) is 4.79 Å². The van der Waals surface area contributed by atoms with Gasteiger partial charge in [0.1, 0.15) is 12.1 Å². The predicted molar refractivity (Wildman–Crippen MR) is 83.9 cm³/mol. The Kier molecular flexibility index (Phi) is 7.97. The Hall–Kier alpha value is -1.67. The average Bonchev–Trinajstić information content (AvgIpc) is 2.67. The Morgan fingerprint density at radius 2 is 2.00 bits per heavy atom. The smallest absolute Gasteiger partial charge is 0.326 e. The molecule has 0 aromatic carbocycles. The molecule has 0 aromatic rings. The van der Waals surface area contributed by atoms with Crippen molar-refractivity contribution in [3.8, 4) is 0 Å². The highest BCUT2D eigenvalue weighted by Crippen LogP contribution is 2.16. The van der Waals surface area contributed by atoms with Gasteiger partial charge in [0, 0.05) is 6.54 Å². The van der Waals surface area contributed by atoms with Gasteiger partial charge in [0.15, 0.2) is 0 Å². The minimum Gasteiger partial charge on any atom is -0.480 e. The second-order valence-corrected chi connectivity index (χ2v) is 5.94. The quantitative estimate of drug-likeness (QED) is 0.438. The van der Waals surface area contributed by atoms with Crippen molar-refractivity contribution in [2.45, 2.75) is 63.6 Å². The van der Waals surface area contributed by atoms with Crippen LogP contribution in [0.15, 0.2) is 0 Å². The molecule has 8 nitrogen and oxygen atoms in total. The topological polar surface area (TPSA) is 133 Å². The second kappa shape index (κ2) is 9.46. The SMILES string of the molecule is C[C@@H](C(=O)O)N1CCCC[C@H](NC(CCCCN)C(=O)O)C1=O. The van der Waals surface area contributed by atoms with Crippen molar-refractivity contribution in [2.75, 3.05) is 13.1 Å². The van der Waals surface area contributed by atoms with Crippen LogP contribution in [0.3, 0.4) is 0 Å². The molecule has 1 amide bonds. The van der Waals surface area contributed by atoms with Crippen molar-refractivity contribution in [3.05, 3.63) is 0 Å². The summed E-state index contributed by atoms with van der Waals surface area (Å²) < 4.78 is 0. The normalized spacial score (nSPS) is 21.6. The number of hydrogen-bond acceptors (Lipinski definition) is 5. The van der Waals surface area contributed by atoms with E-state index in [2.05, 4.69) is 5.32 Å². The summed E-state index contributed by atoms with van der Waals surface area (Å²) in [6, 6.07) is -2.39. The van der Waals surface area contributed by atoms with E-state index in [0.717, 1.165) is 12.8 Å². The van der Waals surface area contributed by atoms with E-state index < -0.39 is 30.1 Å². The highest BCUT2D eigenvalue weighted by atomic mass is 16.4. The lowest BCUT2D eigenvalue weighted by molar-refractivity contribution is -0.150. The maximum Gasteiger partial charge on any atom is 0.326 e. The van der Waals surface area contributed by atoms with Crippen LogP contribution in [0.25, 0.3) is 0 Å². The lowest BCUT2D eigenvalue weighted by atomic mass is 10.1. The predicted octanol–water partition coefficient (Wildman–Crippen LogP) is 0.0124. The molecular formula is C15H27N3O5. The molecule has 0 aromatic heterocycles. The molecule has 5 N–H and O–H groups in total. The molecular weight excluding hydrogens is 302 g/mol. The molecule has 23 heavy (non-hydrogen) atoms. The fraction of sp³-hybridized carbons (Fsp3) is 0.800. The van der Waals surface area contributed by atoms with Crippen LogP contribution in [0, 0.1) is 0 Å². The molecule has 1 heterocycles. The van der Waals surface area contributed by atoms with Crippen molar-refractivity contribution in [3.63, 3.8) is 0 Å². The fourth-order valence-corrected chi connectivity index (χ4v) is 2.75. The zero-order chi connectivity index (χ0) is 17.4. The van der Waals surface area contributed by atoms with E-state index in [4.69, 9.17) is 10.8 Å². The van der Waals surface area contributed by atoms with Crippen molar-refractivity contribution >= 4 is 17.8 Å². The number of likely N-dealkylation sites (tertiary alicyclic amines) is 1. The number of carbonyl (C=O) groups excluding carboxylic acids is 1. The zero-order valence-corrected chi connectivity index (χ0v) is 13.5.